The number of carbonyl (C=O) groups is 5. The molecule has 15 heteroatoms. The van der Waals surface area contributed by atoms with E-state index in [4.69, 9.17) is 24.7 Å². The van der Waals surface area contributed by atoms with Crippen LogP contribution >= 0.6 is 0 Å². The van der Waals surface area contributed by atoms with Gasteiger partial charge in [0.15, 0.2) is 17.3 Å². The third kappa shape index (κ3) is 14.3. The maximum atomic E-state index is 14.0. The van der Waals surface area contributed by atoms with E-state index < -0.39 is 36.1 Å². The molecule has 0 bridgehead atoms. The van der Waals surface area contributed by atoms with Crippen molar-refractivity contribution in [1.82, 2.24) is 25.3 Å². The smallest absolute Gasteiger partial charge is 0.242 e. The molecule has 0 saturated carbocycles. The van der Waals surface area contributed by atoms with Gasteiger partial charge in [-0.2, -0.15) is 0 Å². The van der Waals surface area contributed by atoms with Gasteiger partial charge in [0.2, 0.25) is 23.6 Å². The van der Waals surface area contributed by atoms with Gasteiger partial charge in [-0.15, -0.1) is 0 Å². The number of methoxy groups -OCH3 is 4. The second-order valence-electron chi connectivity index (χ2n) is 14.7. The number of nitrogens with zero attached hydrogens (tertiary/aromatic N) is 3. The molecular weight excluding hydrogens is 708 g/mol. The van der Waals surface area contributed by atoms with E-state index in [0.29, 0.717) is 29.9 Å². The molecule has 0 aliphatic carbocycles. The third-order valence-electron chi connectivity index (χ3n) is 9.84. The van der Waals surface area contributed by atoms with Crippen LogP contribution in [0.4, 0.5) is 0 Å². The molecule has 4 amide bonds. The number of ether oxygens (including phenoxy) is 4. The van der Waals surface area contributed by atoms with Gasteiger partial charge in [-0.05, 0) is 51.1 Å². The molecule has 314 valence electrons. The summed E-state index contributed by atoms with van der Waals surface area (Å²) < 4.78 is 22.2. The fourth-order valence-corrected chi connectivity index (χ4v) is 7.08. The summed E-state index contributed by atoms with van der Waals surface area (Å²) in [6.07, 6.45) is 1.54. The molecule has 15 nitrogen and oxygen atoms in total. The third-order valence-corrected chi connectivity index (χ3v) is 9.84. The summed E-state index contributed by atoms with van der Waals surface area (Å²) in [5.41, 5.74) is 6.72. The number of rotatable bonds is 21. The van der Waals surface area contributed by atoms with Gasteiger partial charge >= 0.3 is 0 Å². The standard InChI is InChI=1S/C37H62N6O9.C3H8/c1-12-13-26(42(7)33(46)20-40-37(48)34(22(2)3)41(5)6)30(50-9)18-32(45)43-21-25(38)17-27(43)35(52-11)23(4)36(47)39-19-28(44)24-14-15-29(49-8)31(16-24)51-10;1-3-2/h14-16,22-23,25-27,30,34-35H,12-13,17-21,38H2,1-11H3,(H,39,47)(H,40,48);3H2,1-2H3/t23?,25?,26-,27-,30?,34?,35?;/m0./s1. The van der Waals surface area contributed by atoms with Crippen LogP contribution in [-0.4, -0.2) is 150 Å². The van der Waals surface area contributed by atoms with Gasteiger partial charge in [0.25, 0.3) is 0 Å². The highest BCUT2D eigenvalue weighted by molar-refractivity contribution is 6.00. The first-order valence-corrected chi connectivity index (χ1v) is 19.3. The Morgan fingerprint density at radius 2 is 1.49 bits per heavy atom. The van der Waals surface area contributed by atoms with Crippen molar-refractivity contribution >= 4 is 29.4 Å². The predicted octanol–water partition coefficient (Wildman–Crippen LogP) is 2.73. The van der Waals surface area contributed by atoms with E-state index in [1.807, 2.05) is 39.8 Å². The molecule has 1 aromatic carbocycles. The molecule has 2 rings (SSSR count). The summed E-state index contributed by atoms with van der Waals surface area (Å²) in [5, 5.41) is 5.48. The largest absolute Gasteiger partial charge is 0.493 e. The second kappa shape index (κ2) is 24.7. The Morgan fingerprint density at radius 1 is 0.891 bits per heavy atom. The van der Waals surface area contributed by atoms with Crippen LogP contribution in [0.3, 0.4) is 0 Å². The molecule has 0 spiro atoms. The van der Waals surface area contributed by atoms with Gasteiger partial charge in [0, 0.05) is 39.4 Å². The first-order chi connectivity index (χ1) is 26.0. The van der Waals surface area contributed by atoms with Crippen molar-refractivity contribution in [2.45, 2.75) is 110 Å². The second-order valence-corrected chi connectivity index (χ2v) is 14.7. The van der Waals surface area contributed by atoms with E-state index in [9.17, 15) is 24.0 Å². The minimum atomic E-state index is -0.735. The zero-order chi connectivity index (χ0) is 42.0. The lowest BCUT2D eigenvalue weighted by Gasteiger charge is -2.37. The SMILES string of the molecule is CCC.CCC[C@@H](C(CC(=O)N1CC(N)C[C@H]1C(OC)C(C)C(=O)NCC(=O)c1ccc(OC)c(OC)c1)OC)N(C)C(=O)CNC(=O)C(C(C)C)N(C)C. The lowest BCUT2D eigenvalue weighted by atomic mass is 9.93. The first-order valence-electron chi connectivity index (χ1n) is 19.3. The van der Waals surface area contributed by atoms with E-state index in [-0.39, 0.29) is 67.6 Å². The summed E-state index contributed by atoms with van der Waals surface area (Å²) in [4.78, 5) is 71.4. The van der Waals surface area contributed by atoms with E-state index in [1.54, 1.807) is 42.0 Å². The van der Waals surface area contributed by atoms with E-state index in [0.717, 1.165) is 6.42 Å². The van der Waals surface area contributed by atoms with Crippen molar-refractivity contribution in [1.29, 1.82) is 0 Å². The molecule has 1 aromatic rings. The topological polar surface area (TPSA) is 182 Å². The molecule has 4 N–H and O–H groups in total. The maximum Gasteiger partial charge on any atom is 0.242 e. The quantitative estimate of drug-likeness (QED) is 0.156. The molecule has 1 aliphatic heterocycles. The highest BCUT2D eigenvalue weighted by Crippen LogP contribution is 2.29. The Kier molecular flexibility index (Phi) is 22.1. The maximum absolute atomic E-state index is 14.0. The molecular formula is C40H70N6O9. The Morgan fingerprint density at radius 3 is 2.00 bits per heavy atom. The number of benzene rings is 1. The highest BCUT2D eigenvalue weighted by atomic mass is 16.5. The Hall–Kier alpha value is -3.79. The molecule has 55 heavy (non-hydrogen) atoms. The predicted molar refractivity (Wildman–Crippen MR) is 213 cm³/mol. The number of likely N-dealkylation sites (tertiary alicyclic amines) is 1. The van der Waals surface area contributed by atoms with Crippen molar-refractivity contribution in [2.75, 3.05) is 69.2 Å². The highest BCUT2D eigenvalue weighted by Gasteiger charge is 2.43. The van der Waals surface area contributed by atoms with Crippen LogP contribution in [0.1, 0.15) is 84.0 Å². The van der Waals surface area contributed by atoms with Gasteiger partial charge < -0.3 is 45.1 Å². The number of carbonyl (C=O) groups excluding carboxylic acids is 5. The van der Waals surface area contributed by atoms with Gasteiger partial charge in [0.1, 0.15) is 0 Å². The summed E-state index contributed by atoms with van der Waals surface area (Å²) >= 11 is 0. The Bertz CT molecular complexity index is 1370. The number of ketones is 1. The number of likely N-dealkylation sites (N-methyl/N-ethyl adjacent to an activating group) is 2. The van der Waals surface area contributed by atoms with E-state index >= 15 is 0 Å². The van der Waals surface area contributed by atoms with Gasteiger partial charge in [0.05, 0.1) is 70.0 Å². The average Bonchev–Trinajstić information content (AvgIpc) is 3.54. The van der Waals surface area contributed by atoms with Crippen LogP contribution in [0.5, 0.6) is 11.5 Å². The summed E-state index contributed by atoms with van der Waals surface area (Å²) in [7, 11) is 11.3. The van der Waals surface area contributed by atoms with Crippen molar-refractivity contribution in [3.63, 3.8) is 0 Å². The summed E-state index contributed by atoms with van der Waals surface area (Å²) in [5.74, 6) is -1.31. The fraction of sp³-hybridized carbons (Fsp3) is 0.725. The summed E-state index contributed by atoms with van der Waals surface area (Å²) in [6, 6.07) is 3.08. The average molecular weight is 779 g/mol. The summed E-state index contributed by atoms with van der Waals surface area (Å²) in [6.45, 7) is 11.6. The van der Waals surface area contributed by atoms with Crippen molar-refractivity contribution < 1.29 is 42.9 Å². The monoisotopic (exact) mass is 779 g/mol. The van der Waals surface area contributed by atoms with Gasteiger partial charge in [-0.25, -0.2) is 0 Å². The van der Waals surface area contributed by atoms with Crippen LogP contribution in [0.25, 0.3) is 0 Å². The molecule has 1 aliphatic rings. The van der Waals surface area contributed by atoms with Gasteiger partial charge in [-0.1, -0.05) is 54.4 Å². The normalized spacial score (nSPS) is 18.0. The number of amides is 4. The lowest BCUT2D eigenvalue weighted by molar-refractivity contribution is -0.144. The minimum Gasteiger partial charge on any atom is -0.493 e. The lowest BCUT2D eigenvalue weighted by Crippen LogP contribution is -2.53. The first kappa shape index (κ1) is 49.2. The number of nitrogens with two attached hydrogens (primary N) is 1. The van der Waals surface area contributed by atoms with Crippen LogP contribution in [0.15, 0.2) is 18.2 Å². The molecule has 1 fully saturated rings. The molecule has 0 aromatic heterocycles. The minimum absolute atomic E-state index is 0.0404. The van der Waals surface area contributed by atoms with Gasteiger partial charge in [-0.3, -0.25) is 28.9 Å². The van der Waals surface area contributed by atoms with Crippen LogP contribution in [0, 0.1) is 11.8 Å². The number of hydrogen-bond donors (Lipinski definition) is 3. The Labute approximate surface area is 329 Å². The van der Waals surface area contributed by atoms with E-state index in [1.165, 1.54) is 34.9 Å². The number of nitrogens with one attached hydrogen (secondary N) is 2. The van der Waals surface area contributed by atoms with Crippen molar-refractivity contribution in [3.05, 3.63) is 23.8 Å². The molecule has 5 unspecified atom stereocenters. The van der Waals surface area contributed by atoms with E-state index in [2.05, 4.69) is 24.5 Å². The zero-order valence-electron chi connectivity index (χ0n) is 35.6. The Balaban J connectivity index is 0.00000487. The van der Waals surface area contributed by atoms with Crippen LogP contribution in [0.2, 0.25) is 0 Å². The number of hydrogen-bond acceptors (Lipinski definition) is 11. The number of Topliss-reactive ketones (excluding diaryl/α,β-unsaturated/α-hetero) is 1. The van der Waals surface area contributed by atoms with Crippen LogP contribution < -0.4 is 25.8 Å². The van der Waals surface area contributed by atoms with Crippen molar-refractivity contribution in [3.8, 4) is 11.5 Å². The molecule has 1 saturated heterocycles. The van der Waals surface area contributed by atoms with Crippen LogP contribution in [-0.2, 0) is 28.7 Å². The fourth-order valence-electron chi connectivity index (χ4n) is 7.08. The zero-order valence-corrected chi connectivity index (χ0v) is 35.6. The molecule has 7 atom stereocenters. The molecule has 1 heterocycles. The molecule has 0 radical (unpaired) electrons. The van der Waals surface area contributed by atoms with Crippen molar-refractivity contribution in [2.24, 2.45) is 17.6 Å².